The second-order valence-corrected chi connectivity index (χ2v) is 7.04. The van der Waals surface area contributed by atoms with Crippen LogP contribution >= 0.6 is 0 Å². The Balaban J connectivity index is 2.17. The summed E-state index contributed by atoms with van der Waals surface area (Å²) in [5.74, 6) is 0. The molecule has 2 aromatic rings. The van der Waals surface area contributed by atoms with E-state index in [1.54, 1.807) is 0 Å². The molecule has 0 nitrogen and oxygen atoms in total. The topological polar surface area (TPSA) is 0 Å². The summed E-state index contributed by atoms with van der Waals surface area (Å²) in [5.41, 5.74) is 8.72. The van der Waals surface area contributed by atoms with Crippen molar-refractivity contribution in [1.29, 1.82) is 0 Å². The molecule has 0 heteroatoms. The summed E-state index contributed by atoms with van der Waals surface area (Å²) in [6.45, 7) is 8.98. The van der Waals surface area contributed by atoms with E-state index in [1.165, 1.54) is 71.9 Å². The molecule has 0 fully saturated rings. The van der Waals surface area contributed by atoms with Crippen LogP contribution in [0, 0.1) is 13.8 Å². The van der Waals surface area contributed by atoms with Crippen molar-refractivity contribution < 1.29 is 0 Å². The van der Waals surface area contributed by atoms with Crippen molar-refractivity contribution in [3.63, 3.8) is 0 Å². The number of benzene rings is 2. The summed E-state index contributed by atoms with van der Waals surface area (Å²) in [6.07, 6.45) is 8.58. The van der Waals surface area contributed by atoms with Gasteiger partial charge in [-0.25, -0.2) is 0 Å². The summed E-state index contributed by atoms with van der Waals surface area (Å²) in [4.78, 5) is 0. The van der Waals surface area contributed by atoms with Gasteiger partial charge >= 0.3 is 0 Å². The lowest BCUT2D eigenvalue weighted by atomic mass is 9.95. The van der Waals surface area contributed by atoms with E-state index in [-0.39, 0.29) is 0 Å². The molecule has 0 radical (unpaired) electrons. The first kappa shape index (κ1) is 17.8. The Morgan fingerprint density at radius 2 is 0.957 bits per heavy atom. The Bertz CT molecular complexity index is 566. The smallest absolute Gasteiger partial charge is 0.00254 e. The highest BCUT2D eigenvalue weighted by Crippen LogP contribution is 2.19. The summed E-state index contributed by atoms with van der Waals surface area (Å²) in [5, 5.41) is 0. The first-order chi connectivity index (χ1) is 11.1. The highest BCUT2D eigenvalue weighted by atomic mass is 14.1. The van der Waals surface area contributed by atoms with E-state index >= 15 is 0 Å². The van der Waals surface area contributed by atoms with Gasteiger partial charge < -0.3 is 0 Å². The molecule has 0 amide bonds. The molecule has 0 bridgehead atoms. The number of hydrogen-bond acceptors (Lipinski definition) is 0. The Kier molecular flexibility index (Phi) is 6.89. The standard InChI is InChI=1S/C23H32/c1-5-7-9-20-11-18(3)13-22(15-20)17-23-14-19(4)12-21(16-23)10-8-6-2/h11-16H,5-10,17H2,1-4H3. The van der Waals surface area contributed by atoms with Gasteiger partial charge in [-0.2, -0.15) is 0 Å². The van der Waals surface area contributed by atoms with Crippen LogP contribution < -0.4 is 0 Å². The molecule has 0 aliphatic rings. The summed E-state index contributed by atoms with van der Waals surface area (Å²) < 4.78 is 0. The van der Waals surface area contributed by atoms with Gasteiger partial charge in [0.25, 0.3) is 0 Å². The zero-order chi connectivity index (χ0) is 16.7. The fraction of sp³-hybridized carbons (Fsp3) is 0.478. The van der Waals surface area contributed by atoms with E-state index in [4.69, 9.17) is 0 Å². The van der Waals surface area contributed by atoms with Gasteiger partial charge in [0.15, 0.2) is 0 Å². The van der Waals surface area contributed by atoms with Crippen molar-refractivity contribution in [2.24, 2.45) is 0 Å². The van der Waals surface area contributed by atoms with Gasteiger partial charge in [0.2, 0.25) is 0 Å². The molecule has 0 aromatic heterocycles. The Labute approximate surface area is 143 Å². The third-order valence-corrected chi connectivity index (χ3v) is 4.44. The van der Waals surface area contributed by atoms with Crippen molar-refractivity contribution in [2.45, 2.75) is 72.6 Å². The van der Waals surface area contributed by atoms with Crippen LogP contribution in [0.25, 0.3) is 0 Å². The van der Waals surface area contributed by atoms with Crippen LogP contribution in [0.2, 0.25) is 0 Å². The lowest BCUT2D eigenvalue weighted by molar-refractivity contribution is 0.792. The largest absolute Gasteiger partial charge is 0.0654 e. The third kappa shape index (κ3) is 5.86. The van der Waals surface area contributed by atoms with Crippen LogP contribution in [-0.4, -0.2) is 0 Å². The van der Waals surface area contributed by atoms with Gasteiger partial charge in [0.1, 0.15) is 0 Å². The zero-order valence-corrected chi connectivity index (χ0v) is 15.4. The van der Waals surface area contributed by atoms with Crippen LogP contribution in [0.1, 0.15) is 72.9 Å². The van der Waals surface area contributed by atoms with Crippen LogP contribution in [0.15, 0.2) is 36.4 Å². The minimum Gasteiger partial charge on any atom is -0.0654 e. The van der Waals surface area contributed by atoms with Crippen LogP contribution in [-0.2, 0) is 19.3 Å². The lowest BCUT2D eigenvalue weighted by Gasteiger charge is -2.10. The molecular formula is C23H32. The fourth-order valence-electron chi connectivity index (χ4n) is 3.39. The summed E-state index contributed by atoms with van der Waals surface area (Å²) in [6, 6.07) is 14.2. The number of aryl methyl sites for hydroxylation is 4. The molecular weight excluding hydrogens is 276 g/mol. The van der Waals surface area contributed by atoms with E-state index in [0.29, 0.717) is 0 Å². The summed E-state index contributed by atoms with van der Waals surface area (Å²) in [7, 11) is 0. The predicted molar refractivity (Wildman–Crippen MR) is 102 cm³/mol. The fourth-order valence-corrected chi connectivity index (χ4v) is 3.39. The maximum Gasteiger partial charge on any atom is -0.00254 e. The molecule has 23 heavy (non-hydrogen) atoms. The van der Waals surface area contributed by atoms with Crippen LogP contribution in [0.3, 0.4) is 0 Å². The van der Waals surface area contributed by atoms with Crippen LogP contribution in [0.5, 0.6) is 0 Å². The quantitative estimate of drug-likeness (QED) is 0.516. The van der Waals surface area contributed by atoms with Gasteiger partial charge in [0.05, 0.1) is 0 Å². The third-order valence-electron chi connectivity index (χ3n) is 4.44. The molecule has 0 heterocycles. The van der Waals surface area contributed by atoms with E-state index in [9.17, 15) is 0 Å². The molecule has 0 aliphatic carbocycles. The number of unbranched alkanes of at least 4 members (excludes halogenated alkanes) is 2. The van der Waals surface area contributed by atoms with Gasteiger partial charge in [-0.3, -0.25) is 0 Å². The van der Waals surface area contributed by atoms with E-state index in [0.717, 1.165) is 6.42 Å². The van der Waals surface area contributed by atoms with Gasteiger partial charge in [-0.1, -0.05) is 74.2 Å². The SMILES string of the molecule is CCCCc1cc(C)cc(Cc2cc(C)cc(CCCC)c2)c1. The highest BCUT2D eigenvalue weighted by Gasteiger charge is 2.04. The molecule has 0 unspecified atom stereocenters. The van der Waals surface area contributed by atoms with Crippen molar-refractivity contribution in [2.75, 3.05) is 0 Å². The van der Waals surface area contributed by atoms with E-state index in [2.05, 4.69) is 64.1 Å². The molecule has 0 spiro atoms. The number of hydrogen-bond donors (Lipinski definition) is 0. The maximum atomic E-state index is 2.41. The molecule has 0 saturated heterocycles. The van der Waals surface area contributed by atoms with Crippen molar-refractivity contribution in [1.82, 2.24) is 0 Å². The minimum absolute atomic E-state index is 1.06. The molecule has 0 saturated carbocycles. The second kappa shape index (κ2) is 8.91. The molecule has 0 atom stereocenters. The normalized spacial score (nSPS) is 11.0. The van der Waals surface area contributed by atoms with Crippen molar-refractivity contribution >= 4 is 0 Å². The Morgan fingerprint density at radius 1 is 0.565 bits per heavy atom. The van der Waals surface area contributed by atoms with Crippen molar-refractivity contribution in [3.8, 4) is 0 Å². The average Bonchev–Trinajstić information content (AvgIpc) is 2.50. The number of rotatable bonds is 8. The molecule has 0 aliphatic heterocycles. The monoisotopic (exact) mass is 308 g/mol. The van der Waals surface area contributed by atoms with Gasteiger partial charge in [0, 0.05) is 0 Å². The molecule has 2 rings (SSSR count). The lowest BCUT2D eigenvalue weighted by Crippen LogP contribution is -1.96. The molecule has 124 valence electrons. The minimum atomic E-state index is 1.06. The van der Waals surface area contributed by atoms with Gasteiger partial charge in [-0.15, -0.1) is 0 Å². The zero-order valence-electron chi connectivity index (χ0n) is 15.4. The van der Waals surface area contributed by atoms with Crippen molar-refractivity contribution in [3.05, 3.63) is 69.8 Å². The van der Waals surface area contributed by atoms with Gasteiger partial charge in [-0.05, 0) is 68.2 Å². The second-order valence-electron chi connectivity index (χ2n) is 7.04. The Morgan fingerprint density at radius 3 is 1.35 bits per heavy atom. The molecule has 2 aromatic carbocycles. The first-order valence-electron chi connectivity index (χ1n) is 9.29. The van der Waals surface area contributed by atoms with E-state index in [1.807, 2.05) is 0 Å². The van der Waals surface area contributed by atoms with E-state index < -0.39 is 0 Å². The highest BCUT2D eigenvalue weighted by molar-refractivity contribution is 5.36. The summed E-state index contributed by atoms with van der Waals surface area (Å²) >= 11 is 0. The Hall–Kier alpha value is -1.56. The predicted octanol–water partition coefficient (Wildman–Crippen LogP) is 6.58. The van der Waals surface area contributed by atoms with Crippen LogP contribution in [0.4, 0.5) is 0 Å². The average molecular weight is 309 g/mol. The maximum absolute atomic E-state index is 2.41. The molecule has 0 N–H and O–H groups in total. The first-order valence-corrected chi connectivity index (χ1v) is 9.29.